The summed E-state index contributed by atoms with van der Waals surface area (Å²) in [6, 6.07) is 0.359. The first-order chi connectivity index (χ1) is 12.1. The van der Waals surface area contributed by atoms with Crippen molar-refractivity contribution in [3.63, 3.8) is 0 Å². The predicted octanol–water partition coefficient (Wildman–Crippen LogP) is 1.94. The Hall–Kier alpha value is -1.14. The number of hydrogen-bond acceptors (Lipinski definition) is 4. The minimum absolute atomic E-state index is 0.130. The summed E-state index contributed by atoms with van der Waals surface area (Å²) in [5.41, 5.74) is 0. The number of amides is 1. The zero-order chi connectivity index (χ0) is 18.1. The molecule has 2 N–H and O–H groups in total. The Labute approximate surface area is 151 Å². The summed E-state index contributed by atoms with van der Waals surface area (Å²) in [5.74, 6) is 0.107. The molecule has 0 aromatic carbocycles. The molecule has 0 unspecified atom stereocenters. The number of carbonyl (C=O) groups excluding carboxylic acids is 1. The topological polar surface area (TPSA) is 72.9 Å². The fourth-order valence-corrected chi connectivity index (χ4v) is 4.18. The highest BCUT2D eigenvalue weighted by atomic mass is 16.4. The molecule has 1 amide bonds. The monoisotopic (exact) mass is 353 g/mol. The number of rotatable bonds is 9. The number of carboxylic acids is 1. The van der Waals surface area contributed by atoms with Crippen LogP contribution in [0.5, 0.6) is 0 Å². The van der Waals surface area contributed by atoms with Crippen LogP contribution in [0, 0.1) is 5.92 Å². The van der Waals surface area contributed by atoms with Crippen LogP contribution in [0.3, 0.4) is 0 Å². The molecule has 0 bridgehead atoms. The Morgan fingerprint density at radius 1 is 1.12 bits per heavy atom. The Morgan fingerprint density at radius 3 is 2.40 bits per heavy atom. The van der Waals surface area contributed by atoms with E-state index in [1.807, 2.05) is 6.92 Å². The Balaban J connectivity index is 1.59. The van der Waals surface area contributed by atoms with E-state index in [0.29, 0.717) is 18.4 Å². The van der Waals surface area contributed by atoms with Gasteiger partial charge >= 0.3 is 5.97 Å². The van der Waals surface area contributed by atoms with Crippen LogP contribution < -0.4 is 5.32 Å². The third kappa shape index (κ3) is 7.32. The number of nitrogens with one attached hydrogen (secondary N) is 1. The molecule has 0 spiro atoms. The van der Waals surface area contributed by atoms with Crippen molar-refractivity contribution in [1.82, 2.24) is 15.1 Å². The van der Waals surface area contributed by atoms with E-state index in [4.69, 9.17) is 5.11 Å². The van der Waals surface area contributed by atoms with E-state index >= 15 is 0 Å². The van der Waals surface area contributed by atoms with Crippen molar-refractivity contribution in [2.24, 2.45) is 5.92 Å². The van der Waals surface area contributed by atoms with Crippen molar-refractivity contribution in [2.45, 2.75) is 64.3 Å². The summed E-state index contributed by atoms with van der Waals surface area (Å²) in [6.45, 7) is 6.50. The van der Waals surface area contributed by atoms with Crippen LogP contribution in [-0.4, -0.2) is 72.1 Å². The van der Waals surface area contributed by atoms with Gasteiger partial charge in [0.05, 0.1) is 6.54 Å². The van der Waals surface area contributed by atoms with Gasteiger partial charge in [0.15, 0.2) is 0 Å². The summed E-state index contributed by atoms with van der Waals surface area (Å²) < 4.78 is 0. The lowest BCUT2D eigenvalue weighted by Crippen LogP contribution is -2.47. The molecule has 1 aliphatic carbocycles. The fourth-order valence-electron chi connectivity index (χ4n) is 4.18. The molecule has 2 aliphatic rings. The maximum Gasteiger partial charge on any atom is 0.317 e. The Kier molecular flexibility index (Phi) is 8.68. The average molecular weight is 354 g/mol. The number of carboxylic acid groups (broad SMARTS) is 1. The van der Waals surface area contributed by atoms with Crippen molar-refractivity contribution in [2.75, 3.05) is 39.3 Å². The lowest BCUT2D eigenvalue weighted by atomic mass is 9.89. The standard InChI is InChI=1S/C19H35N3O3/c1-2-22(15-19(24)25)17-8-11-21(12-9-17)13-10-18(23)20-14-16-6-4-3-5-7-16/h16-17H,2-15H2,1H3,(H,20,23)(H,24,25). The molecule has 144 valence electrons. The van der Waals surface area contributed by atoms with Crippen molar-refractivity contribution in [3.05, 3.63) is 0 Å². The van der Waals surface area contributed by atoms with Gasteiger partial charge in [-0.2, -0.15) is 0 Å². The molecule has 0 aromatic heterocycles. The largest absolute Gasteiger partial charge is 0.480 e. The lowest BCUT2D eigenvalue weighted by Gasteiger charge is -2.37. The van der Waals surface area contributed by atoms with Crippen molar-refractivity contribution >= 4 is 11.9 Å². The maximum absolute atomic E-state index is 12.1. The molecule has 1 heterocycles. The number of likely N-dealkylation sites (tertiary alicyclic amines) is 1. The van der Waals surface area contributed by atoms with E-state index in [9.17, 15) is 9.59 Å². The molecule has 0 aromatic rings. The van der Waals surface area contributed by atoms with Crippen molar-refractivity contribution in [1.29, 1.82) is 0 Å². The molecule has 0 radical (unpaired) electrons. The fraction of sp³-hybridized carbons (Fsp3) is 0.895. The SMILES string of the molecule is CCN(CC(=O)O)C1CCN(CCC(=O)NCC2CCCCC2)CC1. The summed E-state index contributed by atoms with van der Waals surface area (Å²) in [4.78, 5) is 27.4. The molecule has 2 rings (SSSR count). The highest BCUT2D eigenvalue weighted by Crippen LogP contribution is 2.22. The quantitative estimate of drug-likeness (QED) is 0.663. The number of hydrogen-bond donors (Lipinski definition) is 2. The minimum Gasteiger partial charge on any atom is -0.480 e. The third-order valence-electron chi connectivity index (χ3n) is 5.79. The van der Waals surface area contributed by atoms with E-state index in [1.165, 1.54) is 32.1 Å². The average Bonchev–Trinajstić information content (AvgIpc) is 2.64. The molecular weight excluding hydrogens is 318 g/mol. The number of piperidine rings is 1. The van der Waals surface area contributed by atoms with Gasteiger partial charge in [-0.15, -0.1) is 0 Å². The lowest BCUT2D eigenvalue weighted by molar-refractivity contribution is -0.139. The highest BCUT2D eigenvalue weighted by Gasteiger charge is 2.25. The molecule has 2 fully saturated rings. The molecule has 1 saturated carbocycles. The predicted molar refractivity (Wildman–Crippen MR) is 98.5 cm³/mol. The van der Waals surface area contributed by atoms with Gasteiger partial charge in [0.1, 0.15) is 0 Å². The normalized spacial score (nSPS) is 20.7. The Bertz CT molecular complexity index is 416. The highest BCUT2D eigenvalue weighted by molar-refractivity contribution is 5.76. The van der Waals surface area contributed by atoms with Crippen LogP contribution in [-0.2, 0) is 9.59 Å². The van der Waals surface area contributed by atoms with Gasteiger partial charge in [0.25, 0.3) is 0 Å². The van der Waals surface area contributed by atoms with Crippen molar-refractivity contribution < 1.29 is 14.7 Å². The Morgan fingerprint density at radius 2 is 1.80 bits per heavy atom. The summed E-state index contributed by atoms with van der Waals surface area (Å²) >= 11 is 0. The van der Waals surface area contributed by atoms with Gasteiger partial charge in [-0.3, -0.25) is 14.5 Å². The van der Waals surface area contributed by atoms with Crippen LogP contribution >= 0.6 is 0 Å². The maximum atomic E-state index is 12.1. The molecule has 1 aliphatic heterocycles. The van der Waals surface area contributed by atoms with E-state index in [0.717, 1.165) is 45.6 Å². The first-order valence-corrected chi connectivity index (χ1v) is 10.0. The first kappa shape index (κ1) is 20.2. The van der Waals surface area contributed by atoms with E-state index in [-0.39, 0.29) is 12.5 Å². The second-order valence-corrected chi connectivity index (χ2v) is 7.59. The smallest absolute Gasteiger partial charge is 0.317 e. The van der Waals surface area contributed by atoms with Crippen molar-refractivity contribution in [3.8, 4) is 0 Å². The molecule has 6 heteroatoms. The summed E-state index contributed by atoms with van der Waals surface area (Å²) in [6.07, 6.45) is 9.05. The second kappa shape index (κ2) is 10.8. The molecule has 25 heavy (non-hydrogen) atoms. The van der Waals surface area contributed by atoms with Gasteiger partial charge in [-0.25, -0.2) is 0 Å². The summed E-state index contributed by atoms with van der Waals surface area (Å²) in [7, 11) is 0. The molecule has 1 saturated heterocycles. The number of likely N-dealkylation sites (N-methyl/N-ethyl adjacent to an activating group) is 1. The van der Waals surface area contributed by atoms with E-state index in [1.54, 1.807) is 0 Å². The zero-order valence-electron chi connectivity index (χ0n) is 15.7. The van der Waals surface area contributed by atoms with E-state index in [2.05, 4.69) is 15.1 Å². The van der Waals surface area contributed by atoms with Gasteiger partial charge in [-0.1, -0.05) is 26.2 Å². The minimum atomic E-state index is -0.751. The second-order valence-electron chi connectivity index (χ2n) is 7.59. The molecular formula is C19H35N3O3. The van der Waals surface area contributed by atoms with Crippen LogP contribution in [0.15, 0.2) is 0 Å². The van der Waals surface area contributed by atoms with Gasteiger partial charge in [0.2, 0.25) is 5.91 Å². The van der Waals surface area contributed by atoms with Gasteiger partial charge in [0, 0.05) is 25.6 Å². The van der Waals surface area contributed by atoms with E-state index < -0.39 is 5.97 Å². The molecule has 0 atom stereocenters. The van der Waals surface area contributed by atoms with Crippen LogP contribution in [0.2, 0.25) is 0 Å². The van der Waals surface area contributed by atoms with Gasteiger partial charge < -0.3 is 15.3 Å². The van der Waals surface area contributed by atoms with Gasteiger partial charge in [-0.05, 0) is 51.2 Å². The molecule has 6 nitrogen and oxygen atoms in total. The van der Waals surface area contributed by atoms with Crippen LogP contribution in [0.25, 0.3) is 0 Å². The van der Waals surface area contributed by atoms with Crippen LogP contribution in [0.4, 0.5) is 0 Å². The first-order valence-electron chi connectivity index (χ1n) is 10.0. The zero-order valence-corrected chi connectivity index (χ0v) is 15.7. The number of nitrogens with zero attached hydrogens (tertiary/aromatic N) is 2. The number of carbonyl (C=O) groups is 2. The summed E-state index contributed by atoms with van der Waals surface area (Å²) in [5, 5.41) is 12.1. The number of aliphatic carboxylic acids is 1. The van der Waals surface area contributed by atoms with Crippen LogP contribution in [0.1, 0.15) is 58.3 Å². The third-order valence-corrected chi connectivity index (χ3v) is 5.79.